The number of esters is 1. The van der Waals surface area contributed by atoms with E-state index in [0.717, 1.165) is 25.7 Å². The molecule has 1 heterocycles. The van der Waals surface area contributed by atoms with Crippen LogP contribution in [0.3, 0.4) is 0 Å². The van der Waals surface area contributed by atoms with Gasteiger partial charge in [-0.3, -0.25) is 4.79 Å². The van der Waals surface area contributed by atoms with Crippen molar-refractivity contribution >= 4 is 5.97 Å². The van der Waals surface area contributed by atoms with Crippen molar-refractivity contribution in [1.82, 2.24) is 0 Å². The highest BCUT2D eigenvalue weighted by Crippen LogP contribution is 2.78. The molecule has 4 aliphatic carbocycles. The van der Waals surface area contributed by atoms with Gasteiger partial charge in [-0.25, -0.2) is 0 Å². The van der Waals surface area contributed by atoms with Crippen LogP contribution in [0.15, 0.2) is 0 Å². The van der Waals surface area contributed by atoms with E-state index in [9.17, 15) is 9.90 Å². The molecule has 0 amide bonds. The van der Waals surface area contributed by atoms with Crippen LogP contribution in [0, 0.1) is 33.5 Å². The fraction of sp³-hybridized carbons (Fsp3) is 0.955. The third-order valence-corrected chi connectivity index (χ3v) is 9.73. The molecule has 2 bridgehead atoms. The summed E-state index contributed by atoms with van der Waals surface area (Å²) in [5, 5.41) is 11.1. The first-order valence-corrected chi connectivity index (χ1v) is 10.6. The van der Waals surface area contributed by atoms with E-state index in [1.807, 2.05) is 0 Å². The lowest BCUT2D eigenvalue weighted by atomic mass is 9.39. The topological polar surface area (TPSA) is 59.1 Å². The molecule has 5 aliphatic rings. The summed E-state index contributed by atoms with van der Waals surface area (Å²) in [6.07, 6.45) is 6.58. The van der Waals surface area contributed by atoms with Crippen LogP contribution in [0.4, 0.5) is 0 Å². The van der Waals surface area contributed by atoms with Crippen LogP contribution in [0.1, 0.15) is 73.1 Å². The van der Waals surface area contributed by atoms with Gasteiger partial charge >= 0.3 is 5.97 Å². The van der Waals surface area contributed by atoms with E-state index in [1.165, 1.54) is 12.8 Å². The Hall–Kier alpha value is -0.610. The third-order valence-electron chi connectivity index (χ3n) is 9.73. The van der Waals surface area contributed by atoms with Gasteiger partial charge in [0.2, 0.25) is 0 Å². The molecule has 1 N–H and O–H groups in total. The molecule has 26 heavy (non-hydrogen) atoms. The van der Waals surface area contributed by atoms with E-state index in [-0.39, 0.29) is 45.9 Å². The molecule has 146 valence electrons. The maximum absolute atomic E-state index is 11.9. The van der Waals surface area contributed by atoms with E-state index in [0.29, 0.717) is 17.9 Å². The van der Waals surface area contributed by atoms with Crippen LogP contribution in [0.5, 0.6) is 0 Å². The second-order valence-electron chi connectivity index (χ2n) is 11.3. The molecular weight excluding hydrogens is 328 g/mol. The molecule has 0 aromatic heterocycles. The minimum Gasteiger partial charge on any atom is -0.462 e. The van der Waals surface area contributed by atoms with Gasteiger partial charge in [-0.2, -0.15) is 0 Å². The number of aliphatic hydroxyl groups excluding tert-OH is 1. The number of epoxide rings is 1. The number of rotatable bonds is 1. The van der Waals surface area contributed by atoms with Gasteiger partial charge in [0, 0.05) is 23.2 Å². The highest BCUT2D eigenvalue weighted by molar-refractivity contribution is 5.66. The van der Waals surface area contributed by atoms with Gasteiger partial charge in [-0.05, 0) is 55.8 Å². The Labute approximate surface area is 157 Å². The van der Waals surface area contributed by atoms with Crippen molar-refractivity contribution in [2.45, 2.75) is 97.6 Å². The number of carbonyl (C=O) groups is 1. The Kier molecular flexibility index (Phi) is 3.27. The van der Waals surface area contributed by atoms with Crippen molar-refractivity contribution in [3.63, 3.8) is 0 Å². The van der Waals surface area contributed by atoms with Crippen LogP contribution in [-0.2, 0) is 14.3 Å². The highest BCUT2D eigenvalue weighted by Gasteiger charge is 2.80. The molecule has 0 radical (unpaired) electrons. The van der Waals surface area contributed by atoms with Gasteiger partial charge < -0.3 is 14.6 Å². The normalized spacial score (nSPS) is 59.0. The van der Waals surface area contributed by atoms with Gasteiger partial charge in [0.05, 0.1) is 18.3 Å². The first kappa shape index (κ1) is 17.5. The zero-order valence-electron chi connectivity index (χ0n) is 16.9. The summed E-state index contributed by atoms with van der Waals surface area (Å²) in [5.74, 6) is 0.735. The number of hydrogen-bond acceptors (Lipinski definition) is 4. The Morgan fingerprint density at radius 2 is 1.81 bits per heavy atom. The molecule has 0 aromatic carbocycles. The first-order valence-electron chi connectivity index (χ1n) is 10.6. The molecule has 9 atom stereocenters. The van der Waals surface area contributed by atoms with Crippen LogP contribution >= 0.6 is 0 Å². The predicted molar refractivity (Wildman–Crippen MR) is 97.3 cm³/mol. The molecule has 1 saturated heterocycles. The first-order chi connectivity index (χ1) is 12.1. The highest BCUT2D eigenvalue weighted by atomic mass is 16.6. The van der Waals surface area contributed by atoms with Crippen LogP contribution in [-0.4, -0.2) is 35.5 Å². The molecular formula is C22H34O4. The zero-order valence-corrected chi connectivity index (χ0v) is 16.9. The zero-order chi connectivity index (χ0) is 18.7. The number of aliphatic hydroxyl groups is 1. The van der Waals surface area contributed by atoms with E-state index < -0.39 is 0 Å². The summed E-state index contributed by atoms with van der Waals surface area (Å²) in [5.41, 5.74) is 0.275. The Morgan fingerprint density at radius 3 is 2.50 bits per heavy atom. The van der Waals surface area contributed by atoms with Crippen LogP contribution in [0.2, 0.25) is 0 Å². The standard InChI is InChI=1S/C22H34O4/c1-12(23)25-16-7-8-19(2,3)13-6-9-22-11-20(4,17-18(22)26-17)15(24)10-14(22)21(13,16)5/h13-18,24H,6-11H2,1-5H3/t13-,14+,15-,16+,17+,18-,20-,21-,22+/m1/s1. The minimum absolute atomic E-state index is 0.0328. The van der Waals surface area contributed by atoms with Gasteiger partial charge in [0.25, 0.3) is 0 Å². The molecule has 5 rings (SSSR count). The summed E-state index contributed by atoms with van der Waals surface area (Å²) in [4.78, 5) is 11.9. The smallest absolute Gasteiger partial charge is 0.302 e. The second kappa shape index (κ2) is 4.86. The van der Waals surface area contributed by atoms with E-state index >= 15 is 0 Å². The Morgan fingerprint density at radius 1 is 1.08 bits per heavy atom. The number of fused-ring (bicyclic) bond motifs is 5. The van der Waals surface area contributed by atoms with Crippen LogP contribution in [0.25, 0.3) is 0 Å². The van der Waals surface area contributed by atoms with Crippen molar-refractivity contribution in [3.8, 4) is 0 Å². The number of ether oxygens (including phenoxy) is 2. The van der Waals surface area contributed by atoms with Gasteiger partial charge in [-0.15, -0.1) is 0 Å². The van der Waals surface area contributed by atoms with Crippen molar-refractivity contribution in [2.24, 2.45) is 33.5 Å². The van der Waals surface area contributed by atoms with Crippen LogP contribution < -0.4 is 0 Å². The van der Waals surface area contributed by atoms with Gasteiger partial charge in [-0.1, -0.05) is 27.7 Å². The monoisotopic (exact) mass is 362 g/mol. The minimum atomic E-state index is -0.309. The Bertz CT molecular complexity index is 659. The summed E-state index contributed by atoms with van der Waals surface area (Å²) < 4.78 is 12.1. The van der Waals surface area contributed by atoms with Crippen molar-refractivity contribution in [1.29, 1.82) is 0 Å². The van der Waals surface area contributed by atoms with E-state index in [2.05, 4.69) is 27.7 Å². The van der Waals surface area contributed by atoms with E-state index in [4.69, 9.17) is 9.47 Å². The lowest BCUT2D eigenvalue weighted by molar-refractivity contribution is -0.238. The summed E-state index contributed by atoms with van der Waals surface area (Å²) in [7, 11) is 0. The molecule has 5 fully saturated rings. The average Bonchev–Trinajstić information content (AvgIpc) is 3.30. The maximum Gasteiger partial charge on any atom is 0.302 e. The largest absolute Gasteiger partial charge is 0.462 e. The molecule has 1 spiro atoms. The predicted octanol–water partition coefficient (Wildman–Crippen LogP) is 3.70. The molecule has 4 heteroatoms. The Balaban J connectivity index is 1.61. The second-order valence-corrected chi connectivity index (χ2v) is 11.3. The number of carbonyl (C=O) groups excluding carboxylic acids is 1. The molecule has 0 aromatic rings. The lowest BCUT2D eigenvalue weighted by Crippen LogP contribution is -2.65. The third kappa shape index (κ3) is 1.86. The molecule has 0 unspecified atom stereocenters. The van der Waals surface area contributed by atoms with E-state index in [1.54, 1.807) is 6.92 Å². The summed E-state index contributed by atoms with van der Waals surface area (Å²) in [6, 6.07) is 0. The fourth-order valence-electron chi connectivity index (χ4n) is 8.62. The summed E-state index contributed by atoms with van der Waals surface area (Å²) >= 11 is 0. The quantitative estimate of drug-likeness (QED) is 0.571. The van der Waals surface area contributed by atoms with Crippen molar-refractivity contribution < 1.29 is 19.4 Å². The number of hydrogen-bond donors (Lipinski definition) is 1. The maximum atomic E-state index is 11.9. The lowest BCUT2D eigenvalue weighted by Gasteiger charge is -2.66. The SMILES string of the molecule is CC(=O)O[C@H]1CCC(C)(C)[C@H]2CC[C@]34C[C@](C)([C@H](O)C[C@H]3[C@]12C)[C@H]1O[C@H]14. The van der Waals surface area contributed by atoms with Gasteiger partial charge in [0.1, 0.15) is 6.10 Å². The van der Waals surface area contributed by atoms with Crippen molar-refractivity contribution in [2.75, 3.05) is 0 Å². The average molecular weight is 363 g/mol. The molecule has 4 saturated carbocycles. The molecule has 4 nitrogen and oxygen atoms in total. The summed E-state index contributed by atoms with van der Waals surface area (Å²) in [6.45, 7) is 10.9. The van der Waals surface area contributed by atoms with Gasteiger partial charge in [0.15, 0.2) is 0 Å². The molecule has 1 aliphatic heterocycles. The fourth-order valence-corrected chi connectivity index (χ4v) is 8.62. The van der Waals surface area contributed by atoms with Crippen molar-refractivity contribution in [3.05, 3.63) is 0 Å².